The smallest absolute Gasteiger partial charge is 0.133 e. The van der Waals surface area contributed by atoms with Crippen molar-refractivity contribution in [3.05, 3.63) is 35.4 Å². The first-order valence-electron chi connectivity index (χ1n) is 7.13. The van der Waals surface area contributed by atoms with Gasteiger partial charge >= 0.3 is 0 Å². The maximum absolute atomic E-state index is 12.0. The molecule has 1 heteroatoms. The quantitative estimate of drug-likeness (QED) is 0.725. The van der Waals surface area contributed by atoms with Gasteiger partial charge in [-0.3, -0.25) is 4.79 Å². The van der Waals surface area contributed by atoms with Gasteiger partial charge < -0.3 is 0 Å². The molecule has 18 heavy (non-hydrogen) atoms. The molecule has 3 atom stereocenters. The molecule has 0 N–H and O–H groups in total. The van der Waals surface area contributed by atoms with Crippen molar-refractivity contribution in [3.63, 3.8) is 0 Å². The molecule has 0 saturated heterocycles. The number of rotatable bonds is 1. The summed E-state index contributed by atoms with van der Waals surface area (Å²) in [6, 6.07) is 8.84. The highest BCUT2D eigenvalue weighted by Gasteiger charge is 2.51. The Kier molecular flexibility index (Phi) is 2.62. The first-order chi connectivity index (χ1) is 8.53. The maximum Gasteiger partial charge on any atom is 0.133 e. The standard InChI is InChI=1S/C17H22O/c1-11(18)12-8-6-9-14-13-7-4-5-10-15(13)17(2,3)16(12)14/h4-5,7,10,12,14,16H,6,8-9H2,1-3H3. The van der Waals surface area contributed by atoms with Gasteiger partial charge in [0, 0.05) is 5.92 Å². The molecule has 1 aromatic rings. The molecule has 0 aromatic heterocycles. The van der Waals surface area contributed by atoms with Crippen molar-refractivity contribution in [2.45, 2.75) is 51.4 Å². The number of hydrogen-bond donors (Lipinski definition) is 0. The highest BCUT2D eigenvalue weighted by Crippen LogP contribution is 2.58. The van der Waals surface area contributed by atoms with Crippen LogP contribution >= 0.6 is 0 Å². The van der Waals surface area contributed by atoms with Gasteiger partial charge in [0.25, 0.3) is 0 Å². The van der Waals surface area contributed by atoms with E-state index in [1.54, 1.807) is 6.92 Å². The molecule has 1 nitrogen and oxygen atoms in total. The zero-order valence-corrected chi connectivity index (χ0v) is 11.6. The van der Waals surface area contributed by atoms with E-state index in [4.69, 9.17) is 0 Å². The third kappa shape index (κ3) is 1.49. The molecule has 1 saturated carbocycles. The largest absolute Gasteiger partial charge is 0.300 e. The Morgan fingerprint density at radius 3 is 2.67 bits per heavy atom. The Bertz CT molecular complexity index is 486. The van der Waals surface area contributed by atoms with E-state index in [9.17, 15) is 4.79 Å². The van der Waals surface area contributed by atoms with Crippen LogP contribution in [-0.2, 0) is 10.2 Å². The van der Waals surface area contributed by atoms with Gasteiger partial charge in [0.1, 0.15) is 5.78 Å². The van der Waals surface area contributed by atoms with Crippen molar-refractivity contribution in [2.24, 2.45) is 11.8 Å². The van der Waals surface area contributed by atoms with E-state index in [1.165, 1.54) is 24.0 Å². The van der Waals surface area contributed by atoms with Crippen LogP contribution in [0.3, 0.4) is 0 Å². The lowest BCUT2D eigenvalue weighted by Gasteiger charge is -2.40. The first-order valence-corrected chi connectivity index (χ1v) is 7.13. The number of fused-ring (bicyclic) bond motifs is 3. The summed E-state index contributed by atoms with van der Waals surface area (Å²) >= 11 is 0. The second-order valence-corrected chi connectivity index (χ2v) is 6.59. The maximum atomic E-state index is 12.0. The van der Waals surface area contributed by atoms with E-state index in [1.807, 2.05) is 0 Å². The Morgan fingerprint density at radius 2 is 1.94 bits per heavy atom. The van der Waals surface area contributed by atoms with Crippen LogP contribution in [0.25, 0.3) is 0 Å². The Labute approximate surface area is 110 Å². The van der Waals surface area contributed by atoms with Crippen LogP contribution in [0.15, 0.2) is 24.3 Å². The molecule has 0 aliphatic heterocycles. The van der Waals surface area contributed by atoms with Crippen LogP contribution in [0.1, 0.15) is 57.1 Å². The SMILES string of the molecule is CC(=O)C1CCCC2c3ccccc3C(C)(C)C12. The topological polar surface area (TPSA) is 17.1 Å². The number of hydrogen-bond acceptors (Lipinski definition) is 1. The van der Waals surface area contributed by atoms with Gasteiger partial charge in [0.05, 0.1) is 0 Å². The fraction of sp³-hybridized carbons (Fsp3) is 0.588. The summed E-state index contributed by atoms with van der Waals surface area (Å²) in [5.74, 6) is 1.79. The molecule has 0 spiro atoms. The molecular weight excluding hydrogens is 220 g/mol. The van der Waals surface area contributed by atoms with Gasteiger partial charge in [-0.15, -0.1) is 0 Å². The molecule has 96 valence electrons. The lowest BCUT2D eigenvalue weighted by atomic mass is 9.63. The summed E-state index contributed by atoms with van der Waals surface area (Å²) < 4.78 is 0. The van der Waals surface area contributed by atoms with Crippen LogP contribution in [-0.4, -0.2) is 5.78 Å². The highest BCUT2D eigenvalue weighted by atomic mass is 16.1. The van der Waals surface area contributed by atoms with Gasteiger partial charge in [0.2, 0.25) is 0 Å². The summed E-state index contributed by atoms with van der Waals surface area (Å²) in [7, 11) is 0. The van der Waals surface area contributed by atoms with E-state index >= 15 is 0 Å². The van der Waals surface area contributed by atoms with Crippen LogP contribution in [0.4, 0.5) is 0 Å². The molecule has 0 amide bonds. The molecule has 2 aliphatic rings. The van der Waals surface area contributed by atoms with E-state index in [-0.39, 0.29) is 11.3 Å². The molecule has 1 aromatic carbocycles. The lowest BCUT2D eigenvalue weighted by molar-refractivity contribution is -0.124. The number of benzene rings is 1. The van der Waals surface area contributed by atoms with Crippen molar-refractivity contribution in [2.75, 3.05) is 0 Å². The number of Topliss-reactive ketones (excluding diaryl/α,β-unsaturated/α-hetero) is 1. The zero-order valence-electron chi connectivity index (χ0n) is 11.6. The van der Waals surface area contributed by atoms with E-state index in [0.717, 1.165) is 6.42 Å². The monoisotopic (exact) mass is 242 g/mol. The van der Waals surface area contributed by atoms with Crippen molar-refractivity contribution in [1.29, 1.82) is 0 Å². The Morgan fingerprint density at radius 1 is 1.22 bits per heavy atom. The Hall–Kier alpha value is -1.11. The second kappa shape index (κ2) is 3.94. The van der Waals surface area contributed by atoms with Crippen LogP contribution in [0, 0.1) is 11.8 Å². The summed E-state index contributed by atoms with van der Waals surface area (Å²) in [5, 5.41) is 0. The normalized spacial score (nSPS) is 32.7. The van der Waals surface area contributed by atoms with E-state index in [2.05, 4.69) is 38.1 Å². The summed E-state index contributed by atoms with van der Waals surface area (Å²) in [6.07, 6.45) is 3.55. The molecule has 0 bridgehead atoms. The predicted octanol–water partition coefficient (Wildman–Crippen LogP) is 4.07. The average molecular weight is 242 g/mol. The molecular formula is C17H22O. The first kappa shape index (κ1) is 12.0. The van der Waals surface area contributed by atoms with E-state index < -0.39 is 0 Å². The molecule has 0 radical (unpaired) electrons. The highest BCUT2D eigenvalue weighted by molar-refractivity contribution is 5.79. The van der Waals surface area contributed by atoms with Gasteiger partial charge in [-0.1, -0.05) is 44.5 Å². The number of ketones is 1. The van der Waals surface area contributed by atoms with Crippen LogP contribution in [0.2, 0.25) is 0 Å². The molecule has 3 rings (SSSR count). The van der Waals surface area contributed by atoms with Crippen molar-refractivity contribution < 1.29 is 4.79 Å². The minimum absolute atomic E-state index is 0.151. The molecule has 0 heterocycles. The van der Waals surface area contributed by atoms with Gasteiger partial charge in [0.15, 0.2) is 0 Å². The van der Waals surface area contributed by atoms with Gasteiger partial charge in [-0.2, -0.15) is 0 Å². The third-order valence-corrected chi connectivity index (χ3v) is 5.31. The van der Waals surface area contributed by atoms with E-state index in [0.29, 0.717) is 17.6 Å². The minimum atomic E-state index is 0.151. The molecule has 3 unspecified atom stereocenters. The van der Waals surface area contributed by atoms with Crippen molar-refractivity contribution >= 4 is 5.78 Å². The number of carbonyl (C=O) groups excluding carboxylic acids is 1. The van der Waals surface area contributed by atoms with Gasteiger partial charge in [-0.25, -0.2) is 0 Å². The fourth-order valence-corrected chi connectivity index (χ4v) is 4.59. The van der Waals surface area contributed by atoms with Crippen molar-refractivity contribution in [1.82, 2.24) is 0 Å². The Balaban J connectivity index is 2.12. The minimum Gasteiger partial charge on any atom is -0.300 e. The number of carbonyl (C=O) groups is 1. The fourth-order valence-electron chi connectivity index (χ4n) is 4.59. The second-order valence-electron chi connectivity index (χ2n) is 6.59. The summed E-state index contributed by atoms with van der Waals surface area (Å²) in [5.41, 5.74) is 3.14. The van der Waals surface area contributed by atoms with Crippen LogP contribution < -0.4 is 0 Å². The van der Waals surface area contributed by atoms with Gasteiger partial charge in [-0.05, 0) is 48.1 Å². The zero-order chi connectivity index (χ0) is 12.9. The van der Waals surface area contributed by atoms with Crippen molar-refractivity contribution in [3.8, 4) is 0 Å². The summed E-state index contributed by atoms with van der Waals surface area (Å²) in [4.78, 5) is 12.0. The average Bonchev–Trinajstić information content (AvgIpc) is 2.60. The summed E-state index contributed by atoms with van der Waals surface area (Å²) in [6.45, 7) is 6.45. The molecule has 1 fully saturated rings. The third-order valence-electron chi connectivity index (χ3n) is 5.31. The lowest BCUT2D eigenvalue weighted by Crippen LogP contribution is -2.38. The molecule has 2 aliphatic carbocycles. The van der Waals surface area contributed by atoms with Crippen LogP contribution in [0.5, 0.6) is 0 Å². The predicted molar refractivity (Wildman–Crippen MR) is 73.7 cm³/mol.